The lowest BCUT2D eigenvalue weighted by molar-refractivity contribution is 0.0857. The second kappa shape index (κ2) is 9.70. The highest BCUT2D eigenvalue weighted by atomic mass is 32.2. The molecule has 0 spiro atoms. The van der Waals surface area contributed by atoms with Gasteiger partial charge in [-0.05, 0) is 54.8 Å². The van der Waals surface area contributed by atoms with E-state index in [0.29, 0.717) is 23.4 Å². The predicted molar refractivity (Wildman–Crippen MR) is 111 cm³/mol. The van der Waals surface area contributed by atoms with Crippen LogP contribution in [0, 0.1) is 0 Å². The van der Waals surface area contributed by atoms with Crippen molar-refractivity contribution in [2.24, 2.45) is 5.73 Å². The number of rotatable bonds is 8. The monoisotopic (exact) mass is 432 g/mol. The summed E-state index contributed by atoms with van der Waals surface area (Å²) >= 11 is 0. The number of anilines is 1. The molecule has 2 aromatic rings. The Labute approximate surface area is 175 Å². The second-order valence-electron chi connectivity index (χ2n) is 6.88. The van der Waals surface area contributed by atoms with Crippen LogP contribution in [0.4, 0.5) is 10.5 Å². The van der Waals surface area contributed by atoms with Gasteiger partial charge in [0.25, 0.3) is 5.91 Å². The van der Waals surface area contributed by atoms with Crippen LogP contribution < -0.4 is 21.1 Å². The summed E-state index contributed by atoms with van der Waals surface area (Å²) in [4.78, 5) is 23.2. The first-order valence-electron chi connectivity index (χ1n) is 9.48. The van der Waals surface area contributed by atoms with E-state index in [1.807, 2.05) is 0 Å². The molecule has 0 aliphatic carbocycles. The number of hydrogen-bond donors (Lipinski definition) is 4. The lowest BCUT2D eigenvalue weighted by atomic mass is 10.1. The summed E-state index contributed by atoms with van der Waals surface area (Å²) in [6.45, 7) is 1.20. The fourth-order valence-electron chi connectivity index (χ4n) is 3.06. The van der Waals surface area contributed by atoms with Gasteiger partial charge in [-0.25, -0.2) is 17.9 Å². The molecule has 1 atom stereocenters. The minimum Gasteiger partial charge on any atom is -0.376 e. The highest BCUT2D eigenvalue weighted by molar-refractivity contribution is 7.89. The van der Waals surface area contributed by atoms with Crippen LogP contribution in [0.3, 0.4) is 0 Å². The second-order valence-corrected chi connectivity index (χ2v) is 8.65. The standard InChI is InChI=1S/C20H24N4O5S/c21-20(26)24-16-6-8-18(9-7-16)30(27,28)23-12-14-3-1-4-15(11-14)19(25)22-13-17-5-2-10-29-17/h1,3-4,6-9,11,17,23H,2,5,10,12-13H2,(H,22,25)(H3,21,24,26). The lowest BCUT2D eigenvalue weighted by Crippen LogP contribution is -2.31. The molecule has 1 aliphatic rings. The van der Waals surface area contributed by atoms with Gasteiger partial charge >= 0.3 is 6.03 Å². The van der Waals surface area contributed by atoms with Gasteiger partial charge in [0.2, 0.25) is 10.0 Å². The molecule has 5 N–H and O–H groups in total. The zero-order chi connectivity index (χ0) is 21.6. The van der Waals surface area contributed by atoms with Crippen LogP contribution in [0.2, 0.25) is 0 Å². The van der Waals surface area contributed by atoms with Gasteiger partial charge in [-0.3, -0.25) is 4.79 Å². The molecule has 0 aromatic heterocycles. The van der Waals surface area contributed by atoms with Gasteiger partial charge in [-0.2, -0.15) is 0 Å². The van der Waals surface area contributed by atoms with E-state index in [9.17, 15) is 18.0 Å². The quantitative estimate of drug-likeness (QED) is 0.501. The van der Waals surface area contributed by atoms with Crippen molar-refractivity contribution in [1.29, 1.82) is 0 Å². The van der Waals surface area contributed by atoms with Gasteiger partial charge in [0.05, 0.1) is 11.0 Å². The van der Waals surface area contributed by atoms with Crippen molar-refractivity contribution in [2.75, 3.05) is 18.5 Å². The van der Waals surface area contributed by atoms with Crippen LogP contribution in [-0.2, 0) is 21.3 Å². The zero-order valence-electron chi connectivity index (χ0n) is 16.3. The molecule has 10 heteroatoms. The molecule has 2 aromatic carbocycles. The van der Waals surface area contributed by atoms with Crippen molar-refractivity contribution in [3.63, 3.8) is 0 Å². The number of nitrogens with two attached hydrogens (primary N) is 1. The van der Waals surface area contributed by atoms with E-state index in [4.69, 9.17) is 10.5 Å². The molecule has 0 bridgehead atoms. The van der Waals surface area contributed by atoms with Crippen LogP contribution in [-0.4, -0.2) is 39.6 Å². The number of hydrogen-bond acceptors (Lipinski definition) is 5. The van der Waals surface area contributed by atoms with Gasteiger partial charge in [0.1, 0.15) is 0 Å². The summed E-state index contributed by atoms with van der Waals surface area (Å²) in [7, 11) is -3.77. The maximum Gasteiger partial charge on any atom is 0.316 e. The average Bonchev–Trinajstić information content (AvgIpc) is 3.24. The molecule has 1 unspecified atom stereocenters. The Balaban J connectivity index is 1.58. The molecule has 3 amide bonds. The Morgan fingerprint density at radius 1 is 1.13 bits per heavy atom. The number of carbonyl (C=O) groups excluding carboxylic acids is 2. The normalized spacial score (nSPS) is 16.2. The zero-order valence-corrected chi connectivity index (χ0v) is 17.1. The summed E-state index contributed by atoms with van der Waals surface area (Å²) in [6, 6.07) is 11.6. The lowest BCUT2D eigenvalue weighted by Gasteiger charge is -2.12. The number of urea groups is 1. The number of amides is 3. The van der Waals surface area contributed by atoms with Crippen molar-refractivity contribution in [3.05, 3.63) is 59.7 Å². The molecule has 1 saturated heterocycles. The summed E-state index contributed by atoms with van der Waals surface area (Å²) in [5.74, 6) is -0.229. The van der Waals surface area contributed by atoms with Crippen molar-refractivity contribution in [3.8, 4) is 0 Å². The summed E-state index contributed by atoms with van der Waals surface area (Å²) < 4.78 is 33.0. The number of primary amides is 1. The van der Waals surface area contributed by atoms with Crippen LogP contribution in [0.1, 0.15) is 28.8 Å². The van der Waals surface area contributed by atoms with Gasteiger partial charge < -0.3 is 21.1 Å². The first-order valence-corrected chi connectivity index (χ1v) is 11.0. The minimum absolute atomic E-state index is 0.0243. The highest BCUT2D eigenvalue weighted by Crippen LogP contribution is 2.15. The first kappa shape index (κ1) is 21.8. The van der Waals surface area contributed by atoms with E-state index in [2.05, 4.69) is 15.4 Å². The van der Waals surface area contributed by atoms with Gasteiger partial charge in [0, 0.05) is 30.9 Å². The number of ether oxygens (including phenoxy) is 1. The van der Waals surface area contributed by atoms with Crippen LogP contribution >= 0.6 is 0 Å². The summed E-state index contributed by atoms with van der Waals surface area (Å²) in [6.07, 6.45) is 1.98. The van der Waals surface area contributed by atoms with Gasteiger partial charge in [-0.15, -0.1) is 0 Å². The SMILES string of the molecule is NC(=O)Nc1ccc(S(=O)(=O)NCc2cccc(C(=O)NCC3CCCO3)c2)cc1. The number of nitrogens with one attached hydrogen (secondary N) is 3. The smallest absolute Gasteiger partial charge is 0.316 e. The molecule has 1 heterocycles. The summed E-state index contributed by atoms with van der Waals surface area (Å²) in [5, 5.41) is 5.21. The third-order valence-corrected chi connectivity index (χ3v) is 6.02. The maximum absolute atomic E-state index is 12.5. The fourth-order valence-corrected chi connectivity index (χ4v) is 4.08. The maximum atomic E-state index is 12.5. The van der Waals surface area contributed by atoms with Crippen LogP contribution in [0.25, 0.3) is 0 Å². The minimum atomic E-state index is -3.77. The predicted octanol–water partition coefficient (Wildman–Crippen LogP) is 1.56. The third kappa shape index (κ3) is 6.02. The third-order valence-electron chi connectivity index (χ3n) is 4.60. The summed E-state index contributed by atoms with van der Waals surface area (Å²) in [5.41, 5.74) is 6.52. The molecule has 3 rings (SSSR count). The van der Waals surface area contributed by atoms with Crippen molar-refractivity contribution < 1.29 is 22.7 Å². The van der Waals surface area contributed by atoms with E-state index in [0.717, 1.165) is 19.4 Å². The van der Waals surface area contributed by atoms with Gasteiger partial charge in [0.15, 0.2) is 0 Å². The number of carbonyl (C=O) groups is 2. The van der Waals surface area contributed by atoms with Crippen LogP contribution in [0.15, 0.2) is 53.4 Å². The van der Waals surface area contributed by atoms with Crippen molar-refractivity contribution >= 4 is 27.6 Å². The van der Waals surface area contributed by atoms with Crippen molar-refractivity contribution in [1.82, 2.24) is 10.0 Å². The molecule has 1 fully saturated rings. The molecule has 0 saturated carbocycles. The number of benzene rings is 2. The van der Waals surface area contributed by atoms with Crippen molar-refractivity contribution in [2.45, 2.75) is 30.4 Å². The highest BCUT2D eigenvalue weighted by Gasteiger charge is 2.17. The van der Waals surface area contributed by atoms with E-state index in [1.165, 1.54) is 24.3 Å². The number of sulfonamides is 1. The largest absolute Gasteiger partial charge is 0.376 e. The van der Waals surface area contributed by atoms with Crippen LogP contribution in [0.5, 0.6) is 0 Å². The Hall–Kier alpha value is -2.95. The molecule has 160 valence electrons. The Kier molecular flexibility index (Phi) is 7.03. The Bertz CT molecular complexity index is 1000. The first-order chi connectivity index (χ1) is 14.3. The average molecular weight is 433 g/mol. The molecule has 30 heavy (non-hydrogen) atoms. The molecule has 1 aliphatic heterocycles. The van der Waals surface area contributed by atoms with E-state index < -0.39 is 16.1 Å². The van der Waals surface area contributed by atoms with E-state index in [1.54, 1.807) is 24.3 Å². The molecule has 0 radical (unpaired) electrons. The fraction of sp³-hybridized carbons (Fsp3) is 0.300. The van der Waals surface area contributed by atoms with E-state index >= 15 is 0 Å². The van der Waals surface area contributed by atoms with E-state index in [-0.39, 0.29) is 23.5 Å². The Morgan fingerprint density at radius 2 is 1.90 bits per heavy atom. The topological polar surface area (TPSA) is 140 Å². The molecular weight excluding hydrogens is 408 g/mol. The Morgan fingerprint density at radius 3 is 2.57 bits per heavy atom. The molecular formula is C20H24N4O5S. The van der Waals surface area contributed by atoms with Gasteiger partial charge in [-0.1, -0.05) is 12.1 Å². The molecule has 9 nitrogen and oxygen atoms in total.